The van der Waals surface area contributed by atoms with Gasteiger partial charge < -0.3 is 10.2 Å². The molecule has 0 atom stereocenters. The Kier molecular flexibility index (Phi) is 4.76. The lowest BCUT2D eigenvalue weighted by molar-refractivity contribution is 0.0763. The summed E-state index contributed by atoms with van der Waals surface area (Å²) in [5.41, 5.74) is -0.0831. The molecule has 1 aliphatic heterocycles. The lowest BCUT2D eigenvalue weighted by Gasteiger charge is -2.20. The molecule has 0 radical (unpaired) electrons. The van der Waals surface area contributed by atoms with E-state index in [1.165, 1.54) is 17.2 Å². The van der Waals surface area contributed by atoms with Crippen molar-refractivity contribution in [2.75, 3.05) is 36.5 Å². The van der Waals surface area contributed by atoms with Gasteiger partial charge in [-0.3, -0.25) is 4.79 Å². The third-order valence-corrected chi connectivity index (χ3v) is 5.02. The fraction of sp³-hybridized carbons (Fsp3) is 0.538. The smallest absolute Gasteiger partial charge is 0.257 e. The first kappa shape index (κ1) is 15.7. The highest BCUT2D eigenvalue weighted by Crippen LogP contribution is 2.18. The van der Waals surface area contributed by atoms with Crippen LogP contribution in [0.5, 0.6) is 0 Å². The van der Waals surface area contributed by atoms with Crippen LogP contribution in [0.1, 0.15) is 23.7 Å². The maximum Gasteiger partial charge on any atom is 0.257 e. The van der Waals surface area contributed by atoms with Crippen LogP contribution in [-0.4, -0.2) is 55.3 Å². The highest BCUT2D eigenvalue weighted by molar-refractivity contribution is 7.91. The lowest BCUT2D eigenvalue weighted by Crippen LogP contribution is -2.34. The molecule has 0 spiro atoms. The summed E-state index contributed by atoms with van der Waals surface area (Å²) in [6.07, 6.45) is 1.74. The van der Waals surface area contributed by atoms with Crippen LogP contribution in [0, 0.1) is 5.82 Å². The molecule has 1 aromatic heterocycles. The van der Waals surface area contributed by atoms with Gasteiger partial charge in [0.05, 0.1) is 17.1 Å². The summed E-state index contributed by atoms with van der Waals surface area (Å²) >= 11 is 0. The molecule has 1 saturated heterocycles. The minimum atomic E-state index is -3.11. The lowest BCUT2D eigenvalue weighted by atomic mass is 10.2. The van der Waals surface area contributed by atoms with Crippen molar-refractivity contribution in [3.05, 3.63) is 23.6 Å². The Bertz CT molecular complexity index is 634. The molecule has 1 aromatic rings. The van der Waals surface area contributed by atoms with E-state index < -0.39 is 21.6 Å². The van der Waals surface area contributed by atoms with E-state index in [1.54, 1.807) is 6.92 Å². The van der Waals surface area contributed by atoms with Crippen molar-refractivity contribution in [3.63, 3.8) is 0 Å². The molecule has 1 amide bonds. The monoisotopic (exact) mass is 315 g/mol. The first-order valence-corrected chi connectivity index (χ1v) is 8.65. The summed E-state index contributed by atoms with van der Waals surface area (Å²) in [6, 6.07) is 1.32. The maximum atomic E-state index is 14.2. The van der Waals surface area contributed by atoms with Gasteiger partial charge in [0.2, 0.25) is 0 Å². The van der Waals surface area contributed by atoms with Crippen molar-refractivity contribution >= 4 is 21.6 Å². The number of nitrogens with zero attached hydrogens (tertiary/aromatic N) is 2. The van der Waals surface area contributed by atoms with E-state index in [2.05, 4.69) is 10.3 Å². The Labute approximate surface area is 123 Å². The van der Waals surface area contributed by atoms with Gasteiger partial charge in [0.25, 0.3) is 5.91 Å². The van der Waals surface area contributed by atoms with E-state index >= 15 is 0 Å². The topological polar surface area (TPSA) is 79.4 Å². The summed E-state index contributed by atoms with van der Waals surface area (Å²) < 4.78 is 37.3. The highest BCUT2D eigenvalue weighted by atomic mass is 32.2. The Morgan fingerprint density at radius 2 is 2.19 bits per heavy atom. The standard InChI is InChI=1S/C13H18FN3O3S/c1-2-15-12-11(14)10(4-5-16-12)13(18)17-6-3-8-21(19,20)9-7-17/h4-5H,2-3,6-9H2,1H3,(H,15,16). The van der Waals surface area contributed by atoms with Crippen LogP contribution < -0.4 is 5.32 Å². The summed E-state index contributed by atoms with van der Waals surface area (Å²) in [7, 11) is -3.11. The summed E-state index contributed by atoms with van der Waals surface area (Å²) in [5, 5.41) is 2.75. The van der Waals surface area contributed by atoms with E-state index in [-0.39, 0.29) is 29.4 Å². The molecule has 0 aliphatic carbocycles. The van der Waals surface area contributed by atoms with E-state index in [0.29, 0.717) is 19.5 Å². The zero-order valence-electron chi connectivity index (χ0n) is 11.8. The van der Waals surface area contributed by atoms with Crippen molar-refractivity contribution in [2.24, 2.45) is 0 Å². The van der Waals surface area contributed by atoms with Gasteiger partial charge in [-0.1, -0.05) is 0 Å². The van der Waals surface area contributed by atoms with E-state index in [1.807, 2.05) is 0 Å². The van der Waals surface area contributed by atoms with Gasteiger partial charge in [0.15, 0.2) is 21.5 Å². The number of halogens is 1. The number of sulfone groups is 1. The molecule has 116 valence electrons. The highest BCUT2D eigenvalue weighted by Gasteiger charge is 2.26. The number of anilines is 1. The van der Waals surface area contributed by atoms with E-state index in [9.17, 15) is 17.6 Å². The van der Waals surface area contributed by atoms with Crippen LogP contribution in [0.25, 0.3) is 0 Å². The molecule has 0 aromatic carbocycles. The third kappa shape index (κ3) is 3.69. The fourth-order valence-corrected chi connectivity index (χ4v) is 3.48. The molecule has 0 saturated carbocycles. The Morgan fingerprint density at radius 3 is 2.90 bits per heavy atom. The molecule has 6 nitrogen and oxygen atoms in total. The SMILES string of the molecule is CCNc1nccc(C(=O)N2CCCS(=O)(=O)CC2)c1F. The quantitative estimate of drug-likeness (QED) is 0.897. The molecule has 0 unspecified atom stereocenters. The third-order valence-electron chi connectivity index (χ3n) is 3.31. The molecule has 2 rings (SSSR count). The predicted molar refractivity (Wildman–Crippen MR) is 77.5 cm³/mol. The van der Waals surface area contributed by atoms with Crippen LogP contribution in [0.15, 0.2) is 12.3 Å². The number of aromatic nitrogens is 1. The average molecular weight is 315 g/mol. The number of rotatable bonds is 3. The van der Waals surface area contributed by atoms with Gasteiger partial charge >= 0.3 is 0 Å². The second-order valence-corrected chi connectivity index (χ2v) is 7.15. The van der Waals surface area contributed by atoms with Gasteiger partial charge in [-0.05, 0) is 19.4 Å². The molecule has 8 heteroatoms. The van der Waals surface area contributed by atoms with Crippen molar-refractivity contribution in [1.82, 2.24) is 9.88 Å². The molecule has 1 N–H and O–H groups in total. The Hall–Kier alpha value is -1.70. The minimum absolute atomic E-state index is 0.0331. The van der Waals surface area contributed by atoms with Crippen LogP contribution in [0.3, 0.4) is 0 Å². The van der Waals surface area contributed by atoms with Gasteiger partial charge in [-0.15, -0.1) is 0 Å². The number of carbonyl (C=O) groups excluding carboxylic acids is 1. The zero-order valence-corrected chi connectivity index (χ0v) is 12.6. The van der Waals surface area contributed by atoms with Crippen molar-refractivity contribution in [2.45, 2.75) is 13.3 Å². The molecule has 21 heavy (non-hydrogen) atoms. The van der Waals surface area contributed by atoms with Gasteiger partial charge in [-0.25, -0.2) is 17.8 Å². The second-order valence-electron chi connectivity index (χ2n) is 4.85. The molecule has 1 fully saturated rings. The predicted octanol–water partition coefficient (Wildman–Crippen LogP) is 0.913. The van der Waals surface area contributed by atoms with E-state index in [4.69, 9.17) is 0 Å². The van der Waals surface area contributed by atoms with Crippen molar-refractivity contribution in [3.8, 4) is 0 Å². The number of hydrogen-bond donors (Lipinski definition) is 1. The average Bonchev–Trinajstić information content (AvgIpc) is 2.62. The number of amides is 1. The largest absolute Gasteiger partial charge is 0.368 e. The van der Waals surface area contributed by atoms with Crippen LogP contribution in [0.4, 0.5) is 10.2 Å². The van der Waals surface area contributed by atoms with Gasteiger partial charge in [-0.2, -0.15) is 0 Å². The summed E-state index contributed by atoms with van der Waals surface area (Å²) in [4.78, 5) is 17.6. The Balaban J connectivity index is 2.22. The maximum absolute atomic E-state index is 14.2. The number of pyridine rings is 1. The molecule has 2 heterocycles. The van der Waals surface area contributed by atoms with Crippen LogP contribution in [0.2, 0.25) is 0 Å². The zero-order chi connectivity index (χ0) is 15.5. The number of carbonyl (C=O) groups is 1. The van der Waals surface area contributed by atoms with Gasteiger partial charge in [0, 0.05) is 25.8 Å². The molecular formula is C13H18FN3O3S. The fourth-order valence-electron chi connectivity index (χ4n) is 2.21. The van der Waals surface area contributed by atoms with Crippen molar-refractivity contribution < 1.29 is 17.6 Å². The van der Waals surface area contributed by atoms with E-state index in [0.717, 1.165) is 0 Å². The van der Waals surface area contributed by atoms with Crippen molar-refractivity contribution in [1.29, 1.82) is 0 Å². The first-order valence-electron chi connectivity index (χ1n) is 6.82. The summed E-state index contributed by atoms with van der Waals surface area (Å²) in [5.74, 6) is -1.17. The van der Waals surface area contributed by atoms with Crippen LogP contribution >= 0.6 is 0 Å². The number of nitrogens with one attached hydrogen (secondary N) is 1. The second kappa shape index (κ2) is 6.38. The molecule has 0 bridgehead atoms. The molecule has 1 aliphatic rings. The van der Waals surface area contributed by atoms with Crippen LogP contribution in [-0.2, 0) is 9.84 Å². The number of hydrogen-bond acceptors (Lipinski definition) is 5. The first-order chi connectivity index (χ1) is 9.94. The summed E-state index contributed by atoms with van der Waals surface area (Å²) in [6.45, 7) is 2.70. The molecular weight excluding hydrogens is 297 g/mol. The van der Waals surface area contributed by atoms with Gasteiger partial charge in [0.1, 0.15) is 0 Å². The minimum Gasteiger partial charge on any atom is -0.368 e. The Morgan fingerprint density at radius 1 is 1.43 bits per heavy atom. The normalized spacial score (nSPS) is 18.1.